The molecule has 0 aromatic carbocycles. The van der Waals surface area contributed by atoms with E-state index in [9.17, 15) is 9.59 Å². The predicted octanol–water partition coefficient (Wildman–Crippen LogP) is 6.39. The van der Waals surface area contributed by atoms with Crippen molar-refractivity contribution in [3.63, 3.8) is 0 Å². The summed E-state index contributed by atoms with van der Waals surface area (Å²) in [6.07, 6.45) is 14.8. The molecule has 31 heavy (non-hydrogen) atoms. The van der Waals surface area contributed by atoms with Crippen molar-refractivity contribution in [1.82, 2.24) is 0 Å². The highest BCUT2D eigenvalue weighted by Gasteiger charge is 2.71. The first-order valence-electron chi connectivity index (χ1n) is 11.1. The van der Waals surface area contributed by atoms with E-state index >= 15 is 0 Å². The van der Waals surface area contributed by atoms with Gasteiger partial charge < -0.3 is 9.47 Å². The molecule has 0 aliphatic heterocycles. The molecule has 0 bridgehead atoms. The van der Waals surface area contributed by atoms with E-state index in [-0.39, 0.29) is 25.2 Å². The largest absolute Gasteiger partial charge is 0.466 e. The Morgan fingerprint density at radius 1 is 1.13 bits per heavy atom. The molecule has 2 atom stereocenters. The number of ether oxygens (including phenoxy) is 2. The molecule has 5 heteroatoms. The third-order valence-electron chi connectivity index (χ3n) is 6.65. The molecule has 1 saturated carbocycles. The number of halogens is 1. The summed E-state index contributed by atoms with van der Waals surface area (Å²) in [4.78, 5) is 26.6. The first-order valence-corrected chi connectivity index (χ1v) is 11.9. The van der Waals surface area contributed by atoms with Gasteiger partial charge in [0.25, 0.3) is 0 Å². The van der Waals surface area contributed by atoms with Gasteiger partial charge >= 0.3 is 11.9 Å². The Balaban J connectivity index is 2.78. The molecule has 4 nitrogen and oxygen atoms in total. The van der Waals surface area contributed by atoms with E-state index < -0.39 is 15.2 Å². The molecule has 0 spiro atoms. The summed E-state index contributed by atoms with van der Waals surface area (Å²) in [7, 11) is 0. The van der Waals surface area contributed by atoms with Crippen molar-refractivity contribution >= 4 is 27.9 Å². The minimum absolute atomic E-state index is 0.276. The van der Waals surface area contributed by atoms with Crippen molar-refractivity contribution < 1.29 is 19.1 Å². The Labute approximate surface area is 195 Å². The molecule has 0 aromatic rings. The molecule has 170 valence electrons. The summed E-state index contributed by atoms with van der Waals surface area (Å²) in [5.74, 6) is -0.645. The van der Waals surface area contributed by atoms with Crippen LogP contribution in [-0.4, -0.2) is 29.5 Å². The van der Waals surface area contributed by atoms with Gasteiger partial charge in [-0.15, -0.1) is 0 Å². The normalized spacial score (nSPS) is 30.9. The summed E-state index contributed by atoms with van der Waals surface area (Å²) < 4.78 is 9.98. The summed E-state index contributed by atoms with van der Waals surface area (Å²) in [6.45, 7) is 14.3. The monoisotopic (exact) mass is 490 g/mol. The number of rotatable bonds is 8. The maximum atomic E-state index is 13.3. The number of carbonyl (C=O) groups excluding carboxylic acids is 2. The van der Waals surface area contributed by atoms with Gasteiger partial charge in [0.1, 0.15) is 0 Å². The second kappa shape index (κ2) is 10.2. The van der Waals surface area contributed by atoms with Crippen LogP contribution < -0.4 is 0 Å². The van der Waals surface area contributed by atoms with E-state index in [1.54, 1.807) is 13.8 Å². The van der Waals surface area contributed by atoms with Crippen LogP contribution in [0, 0.1) is 10.8 Å². The third-order valence-corrected chi connectivity index (χ3v) is 8.83. The van der Waals surface area contributed by atoms with Crippen LogP contribution in [0.1, 0.15) is 60.3 Å². The van der Waals surface area contributed by atoms with Crippen LogP contribution in [0.4, 0.5) is 0 Å². The number of carbonyl (C=O) groups is 2. The Morgan fingerprint density at radius 2 is 1.68 bits per heavy atom. The number of allylic oxidation sites excluding steroid dienone is 9. The fourth-order valence-electron chi connectivity index (χ4n) is 4.76. The lowest BCUT2D eigenvalue weighted by molar-refractivity contribution is -0.159. The fraction of sp³-hybridized carbons (Fsp3) is 0.538. The van der Waals surface area contributed by atoms with Crippen LogP contribution in [0.15, 0.2) is 59.8 Å². The van der Waals surface area contributed by atoms with Crippen molar-refractivity contribution in [2.75, 3.05) is 13.2 Å². The Bertz CT molecular complexity index is 815. The minimum atomic E-state index is -1.05. The maximum absolute atomic E-state index is 13.3. The SMILES string of the molecule is C=C(C1=CC=CCC1)/C(=C\C=C/C)C1(Br)C(C)(C(=O)OCC)CCC1(C)C(=O)OCC. The topological polar surface area (TPSA) is 52.6 Å². The lowest BCUT2D eigenvalue weighted by atomic mass is 9.63. The number of esters is 2. The van der Waals surface area contributed by atoms with Gasteiger partial charge in [-0.05, 0) is 77.0 Å². The summed E-state index contributed by atoms with van der Waals surface area (Å²) >= 11 is 3.99. The lowest BCUT2D eigenvalue weighted by Crippen LogP contribution is -2.56. The van der Waals surface area contributed by atoms with Crippen LogP contribution in [0.3, 0.4) is 0 Å². The molecular weight excluding hydrogens is 456 g/mol. The number of alkyl halides is 1. The van der Waals surface area contributed by atoms with Gasteiger partial charge in [0.2, 0.25) is 0 Å². The van der Waals surface area contributed by atoms with Gasteiger partial charge in [0.15, 0.2) is 0 Å². The highest BCUT2D eigenvalue weighted by Crippen LogP contribution is 2.67. The van der Waals surface area contributed by atoms with E-state index in [4.69, 9.17) is 9.47 Å². The van der Waals surface area contributed by atoms with E-state index in [1.807, 2.05) is 45.1 Å². The molecule has 2 unspecified atom stereocenters. The van der Waals surface area contributed by atoms with Crippen molar-refractivity contribution in [3.8, 4) is 0 Å². The quantitative estimate of drug-likeness (QED) is 0.224. The molecule has 1 fully saturated rings. The standard InChI is InChI=1S/C26H35BrO4/c1-7-10-16-21(19(4)20-14-12-11-13-15-20)26(27)24(5,22(28)30-8-2)17-18-25(26,6)23(29)31-9-3/h7,10-12,14,16H,4,8-9,13,15,17-18H2,1-3,5-6H3/b10-7-,21-16+. The number of hydrogen-bond donors (Lipinski definition) is 0. The lowest BCUT2D eigenvalue weighted by Gasteiger charge is -2.47. The van der Waals surface area contributed by atoms with E-state index in [1.165, 1.54) is 0 Å². The zero-order chi connectivity index (χ0) is 23.3. The van der Waals surface area contributed by atoms with E-state index in [2.05, 4.69) is 34.7 Å². The minimum Gasteiger partial charge on any atom is -0.466 e. The zero-order valence-electron chi connectivity index (χ0n) is 19.4. The zero-order valence-corrected chi connectivity index (χ0v) is 21.0. The molecule has 2 rings (SSSR count). The summed E-state index contributed by atoms with van der Waals surface area (Å²) in [5, 5.41) is 0. The first-order chi connectivity index (χ1) is 14.6. The second-order valence-electron chi connectivity index (χ2n) is 8.51. The molecule has 0 heterocycles. The molecular formula is C26H35BrO4. The Kier molecular flexibility index (Phi) is 8.32. The van der Waals surface area contributed by atoms with Gasteiger partial charge in [-0.2, -0.15) is 0 Å². The molecule has 2 aliphatic rings. The van der Waals surface area contributed by atoms with Gasteiger partial charge in [-0.1, -0.05) is 59.0 Å². The molecule has 0 saturated heterocycles. The average Bonchev–Trinajstić information content (AvgIpc) is 2.98. The van der Waals surface area contributed by atoms with Crippen molar-refractivity contribution in [2.45, 2.75) is 64.6 Å². The molecule has 2 aliphatic carbocycles. The Hall–Kier alpha value is -1.88. The molecule has 0 radical (unpaired) electrons. The van der Waals surface area contributed by atoms with E-state index in [0.717, 1.165) is 29.6 Å². The van der Waals surface area contributed by atoms with Gasteiger partial charge in [0, 0.05) is 0 Å². The predicted molar refractivity (Wildman–Crippen MR) is 129 cm³/mol. The van der Waals surface area contributed by atoms with Crippen molar-refractivity contribution in [1.29, 1.82) is 0 Å². The van der Waals surface area contributed by atoms with Gasteiger partial charge in [0.05, 0.1) is 28.4 Å². The van der Waals surface area contributed by atoms with Crippen LogP contribution in [0.2, 0.25) is 0 Å². The second-order valence-corrected chi connectivity index (χ2v) is 9.70. The van der Waals surface area contributed by atoms with Crippen molar-refractivity contribution in [2.24, 2.45) is 10.8 Å². The van der Waals surface area contributed by atoms with Crippen LogP contribution >= 0.6 is 15.9 Å². The fourth-order valence-corrected chi connectivity index (χ4v) is 5.85. The number of hydrogen-bond acceptors (Lipinski definition) is 4. The Morgan fingerprint density at radius 3 is 2.10 bits per heavy atom. The first kappa shape index (κ1) is 25.4. The van der Waals surface area contributed by atoms with Gasteiger partial charge in [-0.3, -0.25) is 9.59 Å². The molecule has 0 aromatic heterocycles. The smallest absolute Gasteiger partial charge is 0.313 e. The highest BCUT2D eigenvalue weighted by molar-refractivity contribution is 9.10. The molecule has 0 N–H and O–H groups in total. The summed E-state index contributed by atoms with van der Waals surface area (Å²) in [5.41, 5.74) is 0.780. The van der Waals surface area contributed by atoms with Crippen LogP contribution in [0.25, 0.3) is 0 Å². The van der Waals surface area contributed by atoms with Crippen molar-refractivity contribution in [3.05, 3.63) is 59.8 Å². The average molecular weight is 491 g/mol. The van der Waals surface area contributed by atoms with E-state index in [0.29, 0.717) is 12.8 Å². The summed E-state index contributed by atoms with van der Waals surface area (Å²) in [6, 6.07) is 0. The van der Waals surface area contributed by atoms with Crippen LogP contribution in [0.5, 0.6) is 0 Å². The maximum Gasteiger partial charge on any atom is 0.313 e. The molecule has 0 amide bonds. The van der Waals surface area contributed by atoms with Gasteiger partial charge in [-0.25, -0.2) is 0 Å². The van der Waals surface area contributed by atoms with Crippen LogP contribution in [-0.2, 0) is 19.1 Å². The third kappa shape index (κ3) is 4.26. The highest BCUT2D eigenvalue weighted by atomic mass is 79.9.